The molecular formula is C27H46O2. The fourth-order valence-corrected chi connectivity index (χ4v) is 4.38. The number of carboxylic acids is 1. The molecule has 0 saturated carbocycles. The topological polar surface area (TPSA) is 37.3 Å². The molecule has 1 atom stereocenters. The van der Waals surface area contributed by atoms with Crippen molar-refractivity contribution in [3.8, 4) is 0 Å². The predicted molar refractivity (Wildman–Crippen MR) is 126 cm³/mol. The van der Waals surface area contributed by atoms with E-state index in [1.54, 1.807) is 6.07 Å². The fraction of sp³-hybridized carbons (Fsp3) is 0.741. The Morgan fingerprint density at radius 1 is 0.724 bits per heavy atom. The average Bonchev–Trinajstić information content (AvgIpc) is 2.73. The highest BCUT2D eigenvalue weighted by molar-refractivity contribution is 5.89. The third-order valence-corrected chi connectivity index (χ3v) is 6.24. The van der Waals surface area contributed by atoms with Crippen LogP contribution in [0.25, 0.3) is 0 Å². The summed E-state index contributed by atoms with van der Waals surface area (Å²) in [5, 5.41) is 9.34. The molecule has 1 rings (SSSR count). The Morgan fingerprint density at radius 2 is 1.21 bits per heavy atom. The van der Waals surface area contributed by atoms with Gasteiger partial charge in [0.15, 0.2) is 0 Å². The molecule has 0 aromatic heterocycles. The van der Waals surface area contributed by atoms with Gasteiger partial charge in [-0.3, -0.25) is 0 Å². The molecule has 0 amide bonds. The summed E-state index contributed by atoms with van der Waals surface area (Å²) < 4.78 is 0. The number of aromatic carboxylic acids is 1. The maximum atomic E-state index is 11.4. The summed E-state index contributed by atoms with van der Waals surface area (Å²) in [5.41, 5.74) is 1.47. The van der Waals surface area contributed by atoms with Crippen LogP contribution in [0.1, 0.15) is 133 Å². The van der Waals surface area contributed by atoms with Crippen LogP contribution >= 0.6 is 0 Å². The van der Waals surface area contributed by atoms with Crippen molar-refractivity contribution in [2.75, 3.05) is 0 Å². The van der Waals surface area contributed by atoms with Gasteiger partial charge in [0, 0.05) is 0 Å². The average molecular weight is 403 g/mol. The Morgan fingerprint density at radius 3 is 1.76 bits per heavy atom. The van der Waals surface area contributed by atoms with Gasteiger partial charge >= 0.3 is 5.97 Å². The zero-order valence-corrected chi connectivity index (χ0v) is 19.3. The van der Waals surface area contributed by atoms with E-state index >= 15 is 0 Å². The first kappa shape index (κ1) is 25.7. The van der Waals surface area contributed by atoms with Crippen LogP contribution in [0.5, 0.6) is 0 Å². The summed E-state index contributed by atoms with van der Waals surface area (Å²) in [6, 6.07) is 7.49. The van der Waals surface area contributed by atoms with Crippen molar-refractivity contribution in [3.05, 3.63) is 35.4 Å². The van der Waals surface area contributed by atoms with Crippen molar-refractivity contribution in [3.63, 3.8) is 0 Å². The number of rotatable bonds is 19. The van der Waals surface area contributed by atoms with Gasteiger partial charge in [0.2, 0.25) is 0 Å². The first-order valence-electron chi connectivity index (χ1n) is 12.5. The molecule has 2 nitrogen and oxygen atoms in total. The van der Waals surface area contributed by atoms with E-state index in [-0.39, 0.29) is 0 Å². The summed E-state index contributed by atoms with van der Waals surface area (Å²) in [6.07, 6.45) is 22.5. The van der Waals surface area contributed by atoms with Crippen molar-refractivity contribution in [2.45, 2.75) is 123 Å². The van der Waals surface area contributed by atoms with Crippen molar-refractivity contribution in [1.82, 2.24) is 0 Å². The number of aryl methyl sites for hydroxylation is 1. The van der Waals surface area contributed by atoms with Crippen molar-refractivity contribution < 1.29 is 9.90 Å². The predicted octanol–water partition coefficient (Wildman–Crippen LogP) is 8.82. The van der Waals surface area contributed by atoms with E-state index in [0.29, 0.717) is 5.56 Å². The molecule has 1 unspecified atom stereocenters. The molecule has 0 spiro atoms. The summed E-state index contributed by atoms with van der Waals surface area (Å²) in [6.45, 7) is 4.56. The molecule has 2 heteroatoms. The van der Waals surface area contributed by atoms with Crippen molar-refractivity contribution >= 4 is 5.97 Å². The summed E-state index contributed by atoms with van der Waals surface area (Å²) in [4.78, 5) is 11.4. The molecule has 166 valence electrons. The van der Waals surface area contributed by atoms with E-state index in [2.05, 4.69) is 13.8 Å². The van der Waals surface area contributed by atoms with E-state index in [1.165, 1.54) is 96.3 Å². The second kappa shape index (κ2) is 17.5. The number of carboxylic acid groups (broad SMARTS) is 1. The zero-order valence-electron chi connectivity index (χ0n) is 19.3. The molecule has 1 aromatic carbocycles. The molecule has 0 aliphatic rings. The smallest absolute Gasteiger partial charge is 0.335 e. The van der Waals surface area contributed by atoms with Crippen LogP contribution in [-0.4, -0.2) is 11.1 Å². The van der Waals surface area contributed by atoms with Crippen LogP contribution in [0, 0.1) is 5.92 Å². The number of unbranched alkanes of at least 4 members (excludes halogenated alkanes) is 10. The quantitative estimate of drug-likeness (QED) is 0.235. The summed E-state index contributed by atoms with van der Waals surface area (Å²) in [5.74, 6) is 0.0751. The van der Waals surface area contributed by atoms with Gasteiger partial charge in [-0.2, -0.15) is 0 Å². The van der Waals surface area contributed by atoms with Gasteiger partial charge in [0.25, 0.3) is 0 Å². The first-order valence-corrected chi connectivity index (χ1v) is 12.5. The molecule has 1 aromatic rings. The lowest BCUT2D eigenvalue weighted by Crippen LogP contribution is -2.04. The van der Waals surface area contributed by atoms with E-state index in [1.807, 2.05) is 18.2 Å². The highest BCUT2D eigenvalue weighted by Crippen LogP contribution is 2.24. The number of benzene rings is 1. The van der Waals surface area contributed by atoms with Crippen LogP contribution < -0.4 is 0 Å². The Hall–Kier alpha value is -1.31. The lowest BCUT2D eigenvalue weighted by molar-refractivity contribution is 0.0695. The maximum absolute atomic E-state index is 11.4. The van der Waals surface area contributed by atoms with Gasteiger partial charge in [-0.1, -0.05) is 128 Å². The highest BCUT2D eigenvalue weighted by Gasteiger charge is 2.11. The fourth-order valence-electron chi connectivity index (χ4n) is 4.38. The molecule has 0 bridgehead atoms. The highest BCUT2D eigenvalue weighted by atomic mass is 16.4. The van der Waals surface area contributed by atoms with Gasteiger partial charge in [0.1, 0.15) is 0 Å². The van der Waals surface area contributed by atoms with E-state index < -0.39 is 5.97 Å². The van der Waals surface area contributed by atoms with E-state index in [4.69, 9.17) is 0 Å². The molecule has 29 heavy (non-hydrogen) atoms. The largest absolute Gasteiger partial charge is 0.478 e. The second-order valence-electron chi connectivity index (χ2n) is 8.83. The van der Waals surface area contributed by atoms with E-state index in [9.17, 15) is 9.90 Å². The Bertz CT molecular complexity index is 523. The summed E-state index contributed by atoms with van der Waals surface area (Å²) in [7, 11) is 0. The number of hydrogen-bond donors (Lipinski definition) is 1. The standard InChI is InChI=1S/C27H46O2/c1-3-5-7-9-11-13-19-24(18-12-10-8-6-4-2)20-14-15-21-25-22-16-17-23-26(25)27(28)29/h16-17,22-24H,3-15,18-21H2,1-2H3,(H,28,29). The molecule has 0 radical (unpaired) electrons. The van der Waals surface area contributed by atoms with Crippen molar-refractivity contribution in [1.29, 1.82) is 0 Å². The minimum atomic E-state index is -0.798. The normalized spacial score (nSPS) is 12.2. The lowest BCUT2D eigenvalue weighted by atomic mass is 9.89. The van der Waals surface area contributed by atoms with E-state index in [0.717, 1.165) is 24.3 Å². The molecule has 0 saturated heterocycles. The maximum Gasteiger partial charge on any atom is 0.335 e. The summed E-state index contributed by atoms with van der Waals surface area (Å²) >= 11 is 0. The third kappa shape index (κ3) is 12.8. The molecule has 0 aliphatic carbocycles. The van der Waals surface area contributed by atoms with Gasteiger partial charge in [-0.25, -0.2) is 4.79 Å². The number of hydrogen-bond acceptors (Lipinski definition) is 1. The minimum Gasteiger partial charge on any atom is -0.478 e. The Balaban J connectivity index is 2.33. The van der Waals surface area contributed by atoms with Gasteiger partial charge in [0.05, 0.1) is 5.56 Å². The minimum absolute atomic E-state index is 0.479. The zero-order chi connectivity index (χ0) is 21.2. The SMILES string of the molecule is CCCCCCCCC(CCCCCCC)CCCCc1ccccc1C(=O)O. The molecule has 0 heterocycles. The number of carbonyl (C=O) groups is 1. The van der Waals surface area contributed by atoms with Crippen LogP contribution in [0.2, 0.25) is 0 Å². The van der Waals surface area contributed by atoms with Crippen molar-refractivity contribution in [2.24, 2.45) is 5.92 Å². The second-order valence-corrected chi connectivity index (χ2v) is 8.83. The lowest BCUT2D eigenvalue weighted by Gasteiger charge is -2.17. The molecule has 0 aliphatic heterocycles. The first-order chi connectivity index (χ1) is 14.2. The monoisotopic (exact) mass is 402 g/mol. The van der Waals surface area contributed by atoms with Crippen LogP contribution in [0.4, 0.5) is 0 Å². The Kier molecular flexibility index (Phi) is 15.6. The van der Waals surface area contributed by atoms with Gasteiger partial charge in [-0.15, -0.1) is 0 Å². The van der Waals surface area contributed by atoms with Gasteiger partial charge in [-0.05, 0) is 30.4 Å². The van der Waals surface area contributed by atoms with Crippen LogP contribution in [0.15, 0.2) is 24.3 Å². The molecule has 0 fully saturated rings. The van der Waals surface area contributed by atoms with Crippen LogP contribution in [0.3, 0.4) is 0 Å². The van der Waals surface area contributed by atoms with Crippen LogP contribution in [-0.2, 0) is 6.42 Å². The van der Waals surface area contributed by atoms with Gasteiger partial charge < -0.3 is 5.11 Å². The third-order valence-electron chi connectivity index (χ3n) is 6.24. The molecular weight excluding hydrogens is 356 g/mol. The Labute approximate surface area is 180 Å². The molecule has 1 N–H and O–H groups in total.